The molecule has 0 aliphatic carbocycles. The van der Waals surface area contributed by atoms with E-state index in [4.69, 9.17) is 16.0 Å². The van der Waals surface area contributed by atoms with E-state index in [-0.39, 0.29) is 5.91 Å². The standard InChI is InChI=1S/C22H16ClN3O2S/c1-14-5-6-16(22-26-24-13-28-22)12-19(14)25-21(27)10-8-18-7-9-20(29-18)15-3-2-4-17(23)11-15/h2-13H,1H3,(H,25,27). The van der Waals surface area contributed by atoms with Gasteiger partial charge in [-0.2, -0.15) is 0 Å². The van der Waals surface area contributed by atoms with Gasteiger partial charge in [-0.15, -0.1) is 21.5 Å². The summed E-state index contributed by atoms with van der Waals surface area (Å²) in [4.78, 5) is 14.5. The second-order valence-corrected chi connectivity index (χ2v) is 7.86. The third-order valence-electron chi connectivity index (χ3n) is 4.24. The Kier molecular flexibility index (Phi) is 5.55. The lowest BCUT2D eigenvalue weighted by Gasteiger charge is -2.07. The van der Waals surface area contributed by atoms with Crippen LogP contribution in [0.1, 0.15) is 10.4 Å². The van der Waals surface area contributed by atoms with Crippen molar-refractivity contribution in [3.63, 3.8) is 0 Å². The van der Waals surface area contributed by atoms with E-state index in [0.29, 0.717) is 16.6 Å². The first-order chi connectivity index (χ1) is 14.1. The molecule has 4 aromatic rings. The average molecular weight is 422 g/mol. The van der Waals surface area contributed by atoms with Gasteiger partial charge in [0, 0.05) is 32.1 Å². The SMILES string of the molecule is Cc1ccc(-c2nnco2)cc1NC(=O)C=Cc1ccc(-c2cccc(Cl)c2)s1. The van der Waals surface area contributed by atoms with Crippen molar-refractivity contribution in [3.8, 4) is 21.9 Å². The molecule has 2 aromatic heterocycles. The number of thiophene rings is 1. The molecule has 0 saturated heterocycles. The number of aryl methyl sites for hydroxylation is 1. The Hall–Kier alpha value is -3.22. The van der Waals surface area contributed by atoms with E-state index in [1.165, 1.54) is 12.5 Å². The predicted molar refractivity (Wildman–Crippen MR) is 117 cm³/mol. The summed E-state index contributed by atoms with van der Waals surface area (Å²) in [5, 5.41) is 11.2. The molecular weight excluding hydrogens is 406 g/mol. The molecule has 7 heteroatoms. The van der Waals surface area contributed by atoms with Gasteiger partial charge in [-0.25, -0.2) is 0 Å². The van der Waals surface area contributed by atoms with E-state index in [2.05, 4.69) is 15.5 Å². The van der Waals surface area contributed by atoms with Crippen molar-refractivity contribution in [2.75, 3.05) is 5.32 Å². The maximum atomic E-state index is 12.4. The number of nitrogens with one attached hydrogen (secondary N) is 1. The van der Waals surface area contributed by atoms with Crippen LogP contribution in [0.15, 0.2) is 71.5 Å². The number of hydrogen-bond donors (Lipinski definition) is 1. The second kappa shape index (κ2) is 8.43. The van der Waals surface area contributed by atoms with Gasteiger partial charge in [0.1, 0.15) is 0 Å². The summed E-state index contributed by atoms with van der Waals surface area (Å²) in [6.07, 6.45) is 4.59. The fourth-order valence-corrected chi connectivity index (χ4v) is 3.86. The molecular formula is C22H16ClN3O2S. The Morgan fingerprint density at radius 1 is 1.14 bits per heavy atom. The maximum Gasteiger partial charge on any atom is 0.248 e. The van der Waals surface area contributed by atoms with Crippen molar-refractivity contribution >= 4 is 40.6 Å². The van der Waals surface area contributed by atoms with Gasteiger partial charge in [0.2, 0.25) is 18.2 Å². The van der Waals surface area contributed by atoms with Crippen LogP contribution in [0.3, 0.4) is 0 Å². The monoisotopic (exact) mass is 421 g/mol. The Labute approximate surface area is 176 Å². The molecule has 2 heterocycles. The Morgan fingerprint density at radius 2 is 2.03 bits per heavy atom. The highest BCUT2D eigenvalue weighted by molar-refractivity contribution is 7.16. The molecule has 0 saturated carbocycles. The summed E-state index contributed by atoms with van der Waals surface area (Å²) in [7, 11) is 0. The van der Waals surface area contributed by atoms with Gasteiger partial charge < -0.3 is 9.73 Å². The van der Waals surface area contributed by atoms with Crippen LogP contribution in [0.5, 0.6) is 0 Å². The highest BCUT2D eigenvalue weighted by atomic mass is 35.5. The zero-order valence-electron chi connectivity index (χ0n) is 15.4. The Morgan fingerprint density at radius 3 is 2.83 bits per heavy atom. The number of benzene rings is 2. The summed E-state index contributed by atoms with van der Waals surface area (Å²) in [6, 6.07) is 17.3. The number of amides is 1. The molecule has 2 aromatic carbocycles. The van der Waals surface area contributed by atoms with Crippen molar-refractivity contribution < 1.29 is 9.21 Å². The van der Waals surface area contributed by atoms with Crippen LogP contribution in [0.25, 0.3) is 28.0 Å². The van der Waals surface area contributed by atoms with Crippen LogP contribution >= 0.6 is 22.9 Å². The molecule has 0 aliphatic rings. The van der Waals surface area contributed by atoms with Crippen molar-refractivity contribution in [1.29, 1.82) is 0 Å². The zero-order valence-corrected chi connectivity index (χ0v) is 17.0. The fraction of sp³-hybridized carbons (Fsp3) is 0.0455. The lowest BCUT2D eigenvalue weighted by molar-refractivity contribution is -0.111. The van der Waals surface area contributed by atoms with Gasteiger partial charge in [0.25, 0.3) is 0 Å². The normalized spacial score (nSPS) is 11.1. The molecule has 1 N–H and O–H groups in total. The number of aromatic nitrogens is 2. The molecule has 0 atom stereocenters. The second-order valence-electron chi connectivity index (χ2n) is 6.31. The van der Waals surface area contributed by atoms with E-state index in [1.54, 1.807) is 17.4 Å². The van der Waals surface area contributed by atoms with E-state index in [1.807, 2.05) is 61.5 Å². The van der Waals surface area contributed by atoms with Crippen molar-refractivity contribution in [1.82, 2.24) is 10.2 Å². The van der Waals surface area contributed by atoms with Crippen LogP contribution in [0.2, 0.25) is 5.02 Å². The number of halogens is 1. The Bertz CT molecular complexity index is 1180. The third-order valence-corrected chi connectivity index (χ3v) is 5.57. The largest absolute Gasteiger partial charge is 0.423 e. The molecule has 0 unspecified atom stereocenters. The van der Waals surface area contributed by atoms with Gasteiger partial charge in [0.05, 0.1) is 0 Å². The number of nitrogens with zero attached hydrogens (tertiary/aromatic N) is 2. The van der Waals surface area contributed by atoms with Crippen molar-refractivity contribution in [3.05, 3.63) is 82.5 Å². The maximum absolute atomic E-state index is 12.4. The van der Waals surface area contributed by atoms with Crippen LogP contribution in [0, 0.1) is 6.92 Å². The average Bonchev–Trinajstić information content (AvgIpc) is 3.40. The highest BCUT2D eigenvalue weighted by Crippen LogP contribution is 2.30. The molecule has 0 fully saturated rings. The molecule has 0 radical (unpaired) electrons. The molecule has 0 bridgehead atoms. The highest BCUT2D eigenvalue weighted by Gasteiger charge is 2.08. The summed E-state index contributed by atoms with van der Waals surface area (Å²) in [5.74, 6) is 0.191. The lowest BCUT2D eigenvalue weighted by atomic mass is 10.1. The number of carbonyl (C=O) groups is 1. The minimum absolute atomic E-state index is 0.214. The van der Waals surface area contributed by atoms with E-state index < -0.39 is 0 Å². The van der Waals surface area contributed by atoms with Crippen LogP contribution in [0.4, 0.5) is 5.69 Å². The van der Waals surface area contributed by atoms with Crippen molar-refractivity contribution in [2.24, 2.45) is 0 Å². The topological polar surface area (TPSA) is 68.0 Å². The molecule has 5 nitrogen and oxygen atoms in total. The number of hydrogen-bond acceptors (Lipinski definition) is 5. The molecule has 29 heavy (non-hydrogen) atoms. The molecule has 0 aliphatic heterocycles. The summed E-state index contributed by atoms with van der Waals surface area (Å²) < 4.78 is 5.22. The van der Waals surface area contributed by atoms with Crippen LogP contribution in [-0.4, -0.2) is 16.1 Å². The molecule has 1 amide bonds. The van der Waals surface area contributed by atoms with Crippen LogP contribution < -0.4 is 5.32 Å². The fourth-order valence-electron chi connectivity index (χ4n) is 2.76. The van der Waals surface area contributed by atoms with Crippen molar-refractivity contribution in [2.45, 2.75) is 6.92 Å². The predicted octanol–water partition coefficient (Wildman–Crippen LogP) is 6.08. The smallest absolute Gasteiger partial charge is 0.248 e. The quantitative estimate of drug-likeness (QED) is 0.396. The van der Waals surface area contributed by atoms with Crippen LogP contribution in [-0.2, 0) is 4.79 Å². The minimum atomic E-state index is -0.214. The molecule has 0 spiro atoms. The zero-order chi connectivity index (χ0) is 20.2. The number of carbonyl (C=O) groups excluding carboxylic acids is 1. The van der Waals surface area contributed by atoms with Gasteiger partial charge in [-0.05, 0) is 60.5 Å². The van der Waals surface area contributed by atoms with Gasteiger partial charge >= 0.3 is 0 Å². The first-order valence-electron chi connectivity index (χ1n) is 8.80. The van der Waals surface area contributed by atoms with E-state index >= 15 is 0 Å². The molecule has 4 rings (SSSR count). The van der Waals surface area contributed by atoms with E-state index in [9.17, 15) is 4.79 Å². The summed E-state index contributed by atoms with van der Waals surface area (Å²) in [5.41, 5.74) is 3.44. The Balaban J connectivity index is 1.46. The van der Waals surface area contributed by atoms with E-state index in [0.717, 1.165) is 26.4 Å². The minimum Gasteiger partial charge on any atom is -0.423 e. The lowest BCUT2D eigenvalue weighted by Crippen LogP contribution is -2.09. The van der Waals surface area contributed by atoms with Gasteiger partial charge in [-0.3, -0.25) is 4.79 Å². The summed E-state index contributed by atoms with van der Waals surface area (Å²) >= 11 is 7.66. The first kappa shape index (κ1) is 19.1. The summed E-state index contributed by atoms with van der Waals surface area (Å²) in [6.45, 7) is 1.92. The third kappa shape index (κ3) is 4.62. The molecule has 144 valence electrons. The van der Waals surface area contributed by atoms with Gasteiger partial charge in [-0.1, -0.05) is 29.8 Å². The first-order valence-corrected chi connectivity index (χ1v) is 10.00. The number of anilines is 1. The van der Waals surface area contributed by atoms with Gasteiger partial charge in [0.15, 0.2) is 0 Å². The number of rotatable bonds is 5.